The molecule has 0 unspecified atom stereocenters. The molecule has 1 aromatic heterocycles. The van der Waals surface area contributed by atoms with Crippen molar-refractivity contribution in [2.75, 3.05) is 18.5 Å². The van der Waals surface area contributed by atoms with Crippen LogP contribution in [0, 0.1) is 12.7 Å². The number of anilines is 1. The van der Waals surface area contributed by atoms with Crippen molar-refractivity contribution in [3.8, 4) is 5.75 Å². The molecule has 24 heavy (non-hydrogen) atoms. The molecule has 1 aromatic carbocycles. The van der Waals surface area contributed by atoms with E-state index in [1.807, 2.05) is 0 Å². The first kappa shape index (κ1) is 18.3. The lowest BCUT2D eigenvalue weighted by molar-refractivity contribution is -0.118. The van der Waals surface area contributed by atoms with Crippen molar-refractivity contribution in [3.63, 3.8) is 0 Å². The van der Waals surface area contributed by atoms with Gasteiger partial charge in [0.15, 0.2) is 11.7 Å². The van der Waals surface area contributed by atoms with Crippen LogP contribution in [0.25, 0.3) is 0 Å². The van der Waals surface area contributed by atoms with E-state index in [4.69, 9.17) is 9.47 Å². The summed E-state index contributed by atoms with van der Waals surface area (Å²) in [5.41, 5.74) is 0.482. The maximum atomic E-state index is 13.0. The summed E-state index contributed by atoms with van der Waals surface area (Å²) >= 11 is 4.18. The Hall–Kier alpha value is -2.00. The number of rotatable bonds is 6. The Morgan fingerprint density at radius 2 is 2.17 bits per heavy atom. The number of amides is 1. The summed E-state index contributed by atoms with van der Waals surface area (Å²) in [5.74, 6) is -0.993. The molecule has 128 valence electrons. The largest absolute Gasteiger partial charge is 0.483 e. The van der Waals surface area contributed by atoms with Gasteiger partial charge in [0.2, 0.25) is 0 Å². The predicted molar refractivity (Wildman–Crippen MR) is 91.0 cm³/mol. The van der Waals surface area contributed by atoms with Crippen molar-refractivity contribution in [2.24, 2.45) is 0 Å². The molecular weight excluding hydrogens is 403 g/mol. The average molecular weight is 417 g/mol. The van der Waals surface area contributed by atoms with Gasteiger partial charge < -0.3 is 9.47 Å². The third-order valence-corrected chi connectivity index (χ3v) is 4.43. The second-order valence-electron chi connectivity index (χ2n) is 4.57. The van der Waals surface area contributed by atoms with E-state index < -0.39 is 17.7 Å². The molecule has 0 atom stereocenters. The van der Waals surface area contributed by atoms with E-state index in [1.165, 1.54) is 18.2 Å². The monoisotopic (exact) mass is 416 g/mol. The van der Waals surface area contributed by atoms with Crippen molar-refractivity contribution in [2.45, 2.75) is 13.8 Å². The normalized spacial score (nSPS) is 10.3. The molecular formula is C15H14BrFN2O4S. The van der Waals surface area contributed by atoms with Gasteiger partial charge in [-0.3, -0.25) is 10.1 Å². The van der Waals surface area contributed by atoms with E-state index in [2.05, 4.69) is 26.2 Å². The number of carbonyl (C=O) groups excluding carboxylic acids is 2. The number of halogens is 2. The Morgan fingerprint density at radius 3 is 2.83 bits per heavy atom. The number of nitrogens with one attached hydrogen (secondary N) is 1. The fourth-order valence-electron chi connectivity index (χ4n) is 1.73. The SMILES string of the molecule is CCOC(=O)c1sc(NC(=O)COc2ccc(F)cc2Br)nc1C. The number of ether oxygens (including phenoxy) is 2. The molecule has 0 saturated heterocycles. The smallest absolute Gasteiger partial charge is 0.350 e. The maximum Gasteiger partial charge on any atom is 0.350 e. The first-order valence-corrected chi connectivity index (χ1v) is 8.54. The topological polar surface area (TPSA) is 77.5 Å². The van der Waals surface area contributed by atoms with E-state index in [1.54, 1.807) is 13.8 Å². The van der Waals surface area contributed by atoms with Crippen LogP contribution in [0.3, 0.4) is 0 Å². The Kier molecular flexibility index (Phi) is 6.27. The number of benzene rings is 1. The van der Waals surface area contributed by atoms with Crippen molar-refractivity contribution < 1.29 is 23.5 Å². The minimum Gasteiger partial charge on any atom is -0.483 e. The zero-order chi connectivity index (χ0) is 17.7. The number of hydrogen-bond acceptors (Lipinski definition) is 6. The molecule has 0 aliphatic carbocycles. The van der Waals surface area contributed by atoms with E-state index in [0.717, 1.165) is 11.3 Å². The summed E-state index contributed by atoms with van der Waals surface area (Å²) in [5, 5.41) is 2.83. The minimum atomic E-state index is -0.473. The summed E-state index contributed by atoms with van der Waals surface area (Å²) in [6.07, 6.45) is 0. The molecule has 0 saturated carbocycles. The van der Waals surface area contributed by atoms with E-state index in [-0.39, 0.29) is 18.3 Å². The molecule has 2 rings (SSSR count). The summed E-state index contributed by atoms with van der Waals surface area (Å²) in [6, 6.07) is 3.88. The van der Waals surface area contributed by atoms with Gasteiger partial charge in [0.1, 0.15) is 16.4 Å². The molecule has 1 heterocycles. The van der Waals surface area contributed by atoms with Crippen molar-refractivity contribution >= 4 is 44.3 Å². The number of carbonyl (C=O) groups is 2. The second kappa shape index (κ2) is 8.20. The lowest BCUT2D eigenvalue weighted by Crippen LogP contribution is -2.20. The van der Waals surface area contributed by atoms with Gasteiger partial charge in [0.05, 0.1) is 16.8 Å². The maximum absolute atomic E-state index is 13.0. The Bertz CT molecular complexity index is 766. The number of thiazole rings is 1. The number of hydrogen-bond donors (Lipinski definition) is 1. The third kappa shape index (κ3) is 4.75. The van der Waals surface area contributed by atoms with Crippen molar-refractivity contribution in [3.05, 3.63) is 39.1 Å². The molecule has 9 heteroatoms. The molecule has 1 amide bonds. The molecule has 0 bridgehead atoms. The molecule has 1 N–H and O–H groups in total. The van der Waals surface area contributed by atoms with Crippen LogP contribution in [-0.2, 0) is 9.53 Å². The highest BCUT2D eigenvalue weighted by atomic mass is 79.9. The van der Waals surface area contributed by atoms with Gasteiger partial charge in [-0.15, -0.1) is 0 Å². The second-order valence-corrected chi connectivity index (χ2v) is 6.42. The fraction of sp³-hybridized carbons (Fsp3) is 0.267. The standard InChI is InChI=1S/C15H14BrFN2O4S/c1-3-22-14(21)13-8(2)18-15(24-13)19-12(20)7-23-11-5-4-9(17)6-10(11)16/h4-6H,3,7H2,1-2H3,(H,18,19,20). The van der Waals surface area contributed by atoms with Crippen LogP contribution >= 0.6 is 27.3 Å². The number of aryl methyl sites for hydroxylation is 1. The number of nitrogens with zero attached hydrogens (tertiary/aromatic N) is 1. The molecule has 0 aliphatic rings. The van der Waals surface area contributed by atoms with E-state index in [9.17, 15) is 14.0 Å². The molecule has 6 nitrogen and oxygen atoms in total. The average Bonchev–Trinajstić information content (AvgIpc) is 2.87. The Balaban J connectivity index is 1.95. The molecule has 0 radical (unpaired) electrons. The van der Waals surface area contributed by atoms with Crippen molar-refractivity contribution in [1.29, 1.82) is 0 Å². The van der Waals surface area contributed by atoms with Crippen LogP contribution in [0.1, 0.15) is 22.3 Å². The Labute approximate surface area is 150 Å². The summed E-state index contributed by atoms with van der Waals surface area (Å²) in [4.78, 5) is 28.1. The lowest BCUT2D eigenvalue weighted by Gasteiger charge is -2.07. The zero-order valence-corrected chi connectivity index (χ0v) is 15.3. The first-order chi connectivity index (χ1) is 11.4. The zero-order valence-electron chi connectivity index (χ0n) is 12.9. The molecule has 0 aliphatic heterocycles. The van der Waals surface area contributed by atoms with Gasteiger partial charge in [0, 0.05) is 0 Å². The quantitative estimate of drug-likeness (QED) is 0.728. The van der Waals surface area contributed by atoms with E-state index >= 15 is 0 Å². The van der Waals surface area contributed by atoms with Gasteiger partial charge in [-0.25, -0.2) is 14.2 Å². The first-order valence-electron chi connectivity index (χ1n) is 6.93. The fourth-order valence-corrected chi connectivity index (χ4v) is 3.07. The van der Waals surface area contributed by atoms with Crippen molar-refractivity contribution in [1.82, 2.24) is 4.98 Å². The summed E-state index contributed by atoms with van der Waals surface area (Å²) in [7, 11) is 0. The van der Waals surface area contributed by atoms with Crippen LogP contribution in [0.2, 0.25) is 0 Å². The summed E-state index contributed by atoms with van der Waals surface area (Å²) in [6.45, 7) is 3.35. The van der Waals surface area contributed by atoms with Gasteiger partial charge in [0.25, 0.3) is 5.91 Å². The number of esters is 1. The lowest BCUT2D eigenvalue weighted by atomic mass is 10.3. The highest BCUT2D eigenvalue weighted by Crippen LogP contribution is 2.26. The van der Waals surface area contributed by atoms with Crippen LogP contribution < -0.4 is 10.1 Å². The van der Waals surface area contributed by atoms with E-state index in [0.29, 0.717) is 20.8 Å². The highest BCUT2D eigenvalue weighted by molar-refractivity contribution is 9.10. The van der Waals surface area contributed by atoms with Gasteiger partial charge in [-0.2, -0.15) is 0 Å². The highest BCUT2D eigenvalue weighted by Gasteiger charge is 2.17. The van der Waals surface area contributed by atoms with Crippen LogP contribution in [0.5, 0.6) is 5.75 Å². The molecule has 0 fully saturated rings. The van der Waals surface area contributed by atoms with Gasteiger partial charge in [-0.1, -0.05) is 11.3 Å². The predicted octanol–water partition coefficient (Wildman–Crippen LogP) is 3.55. The molecule has 0 spiro atoms. The summed E-state index contributed by atoms with van der Waals surface area (Å²) < 4.78 is 23.6. The minimum absolute atomic E-state index is 0.262. The number of aromatic nitrogens is 1. The van der Waals surface area contributed by atoms with Crippen LogP contribution in [0.15, 0.2) is 22.7 Å². The third-order valence-electron chi connectivity index (χ3n) is 2.76. The van der Waals surface area contributed by atoms with Crippen LogP contribution in [-0.4, -0.2) is 30.1 Å². The molecule has 2 aromatic rings. The Morgan fingerprint density at radius 1 is 1.42 bits per heavy atom. The van der Waals surface area contributed by atoms with Gasteiger partial charge >= 0.3 is 5.97 Å². The van der Waals surface area contributed by atoms with Crippen LogP contribution in [0.4, 0.5) is 9.52 Å². The van der Waals surface area contributed by atoms with Gasteiger partial charge in [-0.05, 0) is 48.0 Å².